The van der Waals surface area contributed by atoms with Gasteiger partial charge >= 0.3 is 0 Å². The molecule has 0 aliphatic carbocycles. The number of rotatable bonds is 0. The molecule has 1 aliphatic heterocycles. The van der Waals surface area contributed by atoms with E-state index in [4.69, 9.17) is 4.74 Å². The minimum Gasteiger partial charge on any atom is -0.453 e. The first-order valence-electron chi connectivity index (χ1n) is 7.23. The molecule has 0 saturated carbocycles. The Balaban J connectivity index is 0.000000704. The minimum absolute atomic E-state index is 0.00991. The summed E-state index contributed by atoms with van der Waals surface area (Å²) in [6.45, 7) is 10.6. The lowest BCUT2D eigenvalue weighted by Gasteiger charge is -2.41. The van der Waals surface area contributed by atoms with Crippen molar-refractivity contribution in [2.45, 2.75) is 40.2 Å². The maximum absolute atomic E-state index is 5.96. The third-order valence-electron chi connectivity index (χ3n) is 3.10. The van der Waals surface area contributed by atoms with Crippen molar-refractivity contribution in [3.05, 3.63) is 48.5 Å². The van der Waals surface area contributed by atoms with Gasteiger partial charge in [-0.2, -0.15) is 0 Å². The molecule has 1 heterocycles. The molecule has 3 rings (SSSR count). The van der Waals surface area contributed by atoms with Crippen LogP contribution >= 0.6 is 0 Å². The van der Waals surface area contributed by atoms with Crippen LogP contribution in [0.1, 0.15) is 34.6 Å². The highest BCUT2D eigenvalue weighted by Crippen LogP contribution is 2.49. The van der Waals surface area contributed by atoms with Gasteiger partial charge in [-0.05, 0) is 45.0 Å². The average molecular weight is 269 g/mol. The standard InChI is InChI=1S/C16H17NO.C2H6/c1-16(2,3)17-12-8-4-6-10-14(12)18-15-11-7-5-9-13(15)17;1-2/h4-11H,1-3H3;1-2H3. The van der Waals surface area contributed by atoms with Crippen molar-refractivity contribution in [1.82, 2.24) is 0 Å². The molecule has 1 aliphatic rings. The lowest BCUT2D eigenvalue weighted by atomic mass is 10.0. The summed E-state index contributed by atoms with van der Waals surface area (Å²) in [6.07, 6.45) is 0. The summed E-state index contributed by atoms with van der Waals surface area (Å²) < 4.78 is 5.96. The maximum Gasteiger partial charge on any atom is 0.151 e. The van der Waals surface area contributed by atoms with Gasteiger partial charge < -0.3 is 9.64 Å². The normalized spacial score (nSPS) is 12.6. The van der Waals surface area contributed by atoms with Crippen LogP contribution in [0.2, 0.25) is 0 Å². The molecule has 0 aromatic heterocycles. The van der Waals surface area contributed by atoms with Gasteiger partial charge in [-0.15, -0.1) is 0 Å². The summed E-state index contributed by atoms with van der Waals surface area (Å²) >= 11 is 0. The zero-order valence-corrected chi connectivity index (χ0v) is 13.0. The van der Waals surface area contributed by atoms with Gasteiger partial charge in [-0.3, -0.25) is 0 Å². The van der Waals surface area contributed by atoms with E-state index in [9.17, 15) is 0 Å². The lowest BCUT2D eigenvalue weighted by Crippen LogP contribution is -2.39. The summed E-state index contributed by atoms with van der Waals surface area (Å²) in [5.74, 6) is 1.84. The predicted molar refractivity (Wildman–Crippen MR) is 86.2 cm³/mol. The number of benzene rings is 2. The molecule has 0 atom stereocenters. The van der Waals surface area contributed by atoms with E-state index in [2.05, 4.69) is 49.9 Å². The van der Waals surface area contributed by atoms with Crippen molar-refractivity contribution >= 4 is 11.4 Å². The molecule has 106 valence electrons. The topological polar surface area (TPSA) is 12.5 Å². The Kier molecular flexibility index (Phi) is 4.03. The van der Waals surface area contributed by atoms with Gasteiger partial charge in [-0.1, -0.05) is 38.1 Å². The van der Waals surface area contributed by atoms with E-state index < -0.39 is 0 Å². The molecule has 0 N–H and O–H groups in total. The zero-order valence-electron chi connectivity index (χ0n) is 13.0. The number of nitrogens with zero attached hydrogens (tertiary/aromatic N) is 1. The number of hydrogen-bond donors (Lipinski definition) is 0. The zero-order chi connectivity index (χ0) is 14.8. The van der Waals surface area contributed by atoms with E-state index in [1.54, 1.807) is 0 Å². The van der Waals surface area contributed by atoms with E-state index in [0.717, 1.165) is 22.9 Å². The Labute approximate surface area is 122 Å². The van der Waals surface area contributed by atoms with Crippen LogP contribution in [0.15, 0.2) is 48.5 Å². The van der Waals surface area contributed by atoms with Crippen LogP contribution in [0.25, 0.3) is 0 Å². The van der Waals surface area contributed by atoms with Gasteiger partial charge in [0.25, 0.3) is 0 Å². The third kappa shape index (κ3) is 2.51. The van der Waals surface area contributed by atoms with Crippen molar-refractivity contribution in [1.29, 1.82) is 0 Å². The van der Waals surface area contributed by atoms with Gasteiger partial charge in [0.05, 0.1) is 11.4 Å². The lowest BCUT2D eigenvalue weighted by molar-refractivity contribution is 0.451. The van der Waals surface area contributed by atoms with Crippen LogP contribution < -0.4 is 9.64 Å². The fourth-order valence-electron chi connectivity index (χ4n) is 2.43. The smallest absolute Gasteiger partial charge is 0.151 e. The van der Waals surface area contributed by atoms with Gasteiger partial charge in [0, 0.05) is 5.54 Å². The first-order valence-corrected chi connectivity index (χ1v) is 7.23. The largest absolute Gasteiger partial charge is 0.453 e. The maximum atomic E-state index is 5.96. The number of anilines is 2. The van der Waals surface area contributed by atoms with Crippen molar-refractivity contribution in [2.75, 3.05) is 4.90 Å². The van der Waals surface area contributed by atoms with Gasteiger partial charge in [-0.25, -0.2) is 0 Å². The highest BCUT2D eigenvalue weighted by molar-refractivity contribution is 5.79. The Morgan fingerprint density at radius 1 is 0.750 bits per heavy atom. The Morgan fingerprint density at radius 3 is 1.55 bits per heavy atom. The molecule has 0 bridgehead atoms. The molecular weight excluding hydrogens is 246 g/mol. The highest BCUT2D eigenvalue weighted by Gasteiger charge is 2.31. The number of ether oxygens (including phenoxy) is 1. The van der Waals surface area contributed by atoms with Crippen LogP contribution in [0.4, 0.5) is 11.4 Å². The molecule has 0 unspecified atom stereocenters. The first kappa shape index (κ1) is 14.4. The molecule has 0 fully saturated rings. The summed E-state index contributed by atoms with van der Waals surface area (Å²) in [6, 6.07) is 16.4. The minimum atomic E-state index is 0.00991. The van der Waals surface area contributed by atoms with Crippen LogP contribution in [0.3, 0.4) is 0 Å². The second kappa shape index (κ2) is 5.58. The van der Waals surface area contributed by atoms with E-state index in [1.165, 1.54) is 0 Å². The number of fused-ring (bicyclic) bond motifs is 2. The second-order valence-corrected chi connectivity index (χ2v) is 5.54. The third-order valence-corrected chi connectivity index (χ3v) is 3.10. The summed E-state index contributed by atoms with van der Waals surface area (Å²) in [7, 11) is 0. The molecule has 20 heavy (non-hydrogen) atoms. The van der Waals surface area contributed by atoms with Gasteiger partial charge in [0.1, 0.15) is 0 Å². The first-order chi connectivity index (χ1) is 9.57. The molecular formula is C18H23NO. The molecule has 2 aromatic rings. The average Bonchev–Trinajstić information content (AvgIpc) is 2.45. The fourth-order valence-corrected chi connectivity index (χ4v) is 2.43. The van der Waals surface area contributed by atoms with Crippen molar-refractivity contribution in [3.63, 3.8) is 0 Å². The summed E-state index contributed by atoms with van der Waals surface area (Å²) in [5, 5.41) is 0. The molecule has 0 radical (unpaired) electrons. The van der Waals surface area contributed by atoms with Gasteiger partial charge in [0.15, 0.2) is 11.5 Å². The molecule has 0 spiro atoms. The predicted octanol–water partition coefficient (Wildman–Crippen LogP) is 5.76. The van der Waals surface area contributed by atoms with Crippen molar-refractivity contribution < 1.29 is 4.74 Å². The second-order valence-electron chi connectivity index (χ2n) is 5.54. The van der Waals surface area contributed by atoms with E-state index >= 15 is 0 Å². The summed E-state index contributed by atoms with van der Waals surface area (Å²) in [4.78, 5) is 2.33. The fraction of sp³-hybridized carbons (Fsp3) is 0.333. The molecule has 2 aromatic carbocycles. The molecule has 0 saturated heterocycles. The Morgan fingerprint density at radius 2 is 1.15 bits per heavy atom. The van der Waals surface area contributed by atoms with E-state index in [-0.39, 0.29) is 5.54 Å². The highest BCUT2D eigenvalue weighted by atomic mass is 16.5. The van der Waals surface area contributed by atoms with Crippen LogP contribution in [-0.2, 0) is 0 Å². The van der Waals surface area contributed by atoms with E-state index in [0.29, 0.717) is 0 Å². The molecule has 2 heteroatoms. The molecule has 0 amide bonds. The monoisotopic (exact) mass is 269 g/mol. The Hall–Kier alpha value is -1.96. The number of hydrogen-bond acceptors (Lipinski definition) is 2. The van der Waals surface area contributed by atoms with Crippen LogP contribution in [-0.4, -0.2) is 5.54 Å². The SMILES string of the molecule is CC.CC(C)(C)N1c2ccccc2Oc2ccccc21. The number of para-hydroxylation sites is 4. The van der Waals surface area contributed by atoms with Gasteiger partial charge in [0.2, 0.25) is 0 Å². The van der Waals surface area contributed by atoms with Crippen LogP contribution in [0.5, 0.6) is 11.5 Å². The van der Waals surface area contributed by atoms with Crippen molar-refractivity contribution in [3.8, 4) is 11.5 Å². The van der Waals surface area contributed by atoms with E-state index in [1.807, 2.05) is 38.1 Å². The Bertz CT molecular complexity index is 538. The van der Waals surface area contributed by atoms with Crippen molar-refractivity contribution in [2.24, 2.45) is 0 Å². The molecule has 2 nitrogen and oxygen atoms in total. The summed E-state index contributed by atoms with van der Waals surface area (Å²) in [5.41, 5.74) is 2.27. The quantitative estimate of drug-likeness (QED) is 0.603. The van der Waals surface area contributed by atoms with Crippen LogP contribution in [0, 0.1) is 0 Å².